The predicted octanol–water partition coefficient (Wildman–Crippen LogP) is 11.6. The Labute approximate surface area is 300 Å². The first kappa shape index (κ1) is 25.0. The molecule has 1 aliphatic rings. The van der Waals surface area contributed by atoms with Crippen LogP contribution in [0.15, 0.2) is 146 Å². The van der Waals surface area contributed by atoms with Crippen LogP contribution in [0, 0.1) is 6.85 Å². The number of pyridine rings is 2. The average Bonchev–Trinajstić information content (AvgIpc) is 3.76. The Hall–Kier alpha value is -4.13. The first-order chi connectivity index (χ1) is 25.6. The van der Waals surface area contributed by atoms with E-state index < -0.39 is 18.1 Å². The molecule has 0 unspecified atom stereocenters. The van der Waals surface area contributed by atoms with Gasteiger partial charge in [-0.1, -0.05) is 151 Å². The zero-order chi connectivity index (χ0) is 39.2. The maximum Gasteiger partial charge on any atom is 0.0705 e. The molecule has 2 aromatic heterocycles. The van der Waals surface area contributed by atoms with E-state index in [1.165, 1.54) is 35.4 Å². The molecular weight excluding hydrogens is 675 g/mol. The minimum Gasteiger partial charge on any atom is -0.381 e. The fourth-order valence-corrected chi connectivity index (χ4v) is 4.86. The van der Waals surface area contributed by atoms with Crippen molar-refractivity contribution in [3.05, 3.63) is 157 Å². The summed E-state index contributed by atoms with van der Waals surface area (Å²) < 4.78 is 63.5. The molecule has 7 rings (SSSR count). The van der Waals surface area contributed by atoms with Crippen LogP contribution in [0.5, 0.6) is 0 Å². The highest BCUT2D eigenvalue weighted by Gasteiger charge is 2.08. The minimum absolute atomic E-state index is 0.326. The molecular formula is C42H43IN2O. The van der Waals surface area contributed by atoms with Gasteiger partial charge in [0, 0.05) is 58.8 Å². The lowest BCUT2D eigenvalue weighted by molar-refractivity contribution is 0.198. The van der Waals surface area contributed by atoms with E-state index in [0.717, 1.165) is 46.7 Å². The summed E-state index contributed by atoms with van der Waals surface area (Å²) in [6, 6.07) is 42.3. The van der Waals surface area contributed by atoms with Crippen LogP contribution >= 0.6 is 22.6 Å². The molecule has 0 saturated carbocycles. The molecule has 0 amide bonds. The minimum atomic E-state index is -2.18. The first-order valence-corrected chi connectivity index (χ1v) is 16.2. The average molecular weight is 727 g/mol. The summed E-state index contributed by atoms with van der Waals surface area (Å²) in [6.07, 6.45) is 4.55. The summed E-state index contributed by atoms with van der Waals surface area (Å²) in [5.74, 6) is 0. The molecule has 3 nitrogen and oxygen atoms in total. The van der Waals surface area contributed by atoms with E-state index in [1.807, 2.05) is 127 Å². The third-order valence-electron chi connectivity index (χ3n) is 7.21. The van der Waals surface area contributed by atoms with Crippen molar-refractivity contribution in [3.8, 4) is 44.8 Å². The smallest absolute Gasteiger partial charge is 0.0705 e. The topological polar surface area (TPSA) is 35.0 Å². The summed E-state index contributed by atoms with van der Waals surface area (Å²) in [5.41, 5.74) is 7.69. The largest absolute Gasteiger partial charge is 0.381 e. The lowest BCUT2D eigenvalue weighted by Gasteiger charge is -2.10. The molecule has 4 heteroatoms. The van der Waals surface area contributed by atoms with E-state index in [-0.39, 0.29) is 0 Å². The quantitative estimate of drug-likeness (QED) is 0.131. The second kappa shape index (κ2) is 19.4. The van der Waals surface area contributed by atoms with Gasteiger partial charge in [0.25, 0.3) is 0 Å². The van der Waals surface area contributed by atoms with Gasteiger partial charge < -0.3 is 4.74 Å². The van der Waals surface area contributed by atoms with Crippen LogP contribution in [0.3, 0.4) is 0 Å². The molecule has 3 heterocycles. The number of alkyl halides is 1. The molecule has 46 heavy (non-hydrogen) atoms. The number of benzene rings is 4. The van der Waals surface area contributed by atoms with Gasteiger partial charge in [0.15, 0.2) is 0 Å². The molecule has 6 aromatic rings. The van der Waals surface area contributed by atoms with Crippen molar-refractivity contribution in [3.63, 3.8) is 0 Å². The van der Waals surface area contributed by atoms with Gasteiger partial charge in [-0.05, 0) is 65.3 Å². The molecule has 0 atom stereocenters. The summed E-state index contributed by atoms with van der Waals surface area (Å²) in [5, 5.41) is 0. The fraction of sp³-hybridized carbons (Fsp3) is 0.190. The molecule has 0 bridgehead atoms. The summed E-state index contributed by atoms with van der Waals surface area (Å²) in [6.45, 7) is 1.40. The highest BCUT2D eigenvalue weighted by molar-refractivity contribution is 14.1. The molecule has 0 radical (unpaired) electrons. The summed E-state index contributed by atoms with van der Waals surface area (Å²) >= 11 is 1.38. The zero-order valence-corrected chi connectivity index (χ0v) is 28.0. The van der Waals surface area contributed by atoms with Crippen LogP contribution in [0.1, 0.15) is 41.9 Å². The number of hydrogen-bond acceptors (Lipinski definition) is 3. The summed E-state index contributed by atoms with van der Waals surface area (Å²) in [7, 11) is 0. The Bertz CT molecular complexity index is 1850. The molecule has 4 aromatic carbocycles. The van der Waals surface area contributed by atoms with Gasteiger partial charge in [-0.25, -0.2) is 0 Å². The standard InChI is InChI=1S/C19H17N.C18H15N.C4H8O.CH3I/c1-2-15-13-19(17-11-7-4-8-12-17)20-14-18(15)16-9-5-3-6-10-16;1-14-12-18(16-10-6-3-7-11-16)19-13-17(14)15-8-4-2-5-9-15;1-2-4-5-3-1;1-2/h3-14H,2H2,1H3;2-13H,1H3;1-4H2;1H3/i2D2;1D3;;1D3. The van der Waals surface area contributed by atoms with Crippen molar-refractivity contribution in [2.24, 2.45) is 0 Å². The van der Waals surface area contributed by atoms with Gasteiger partial charge in [-0.15, -0.1) is 0 Å². The van der Waals surface area contributed by atoms with Crippen molar-refractivity contribution >= 4 is 22.6 Å². The number of hydrogen-bond donors (Lipinski definition) is 0. The normalized spacial score (nSPS) is 15.0. The van der Waals surface area contributed by atoms with E-state index in [9.17, 15) is 0 Å². The number of nitrogens with zero attached hydrogens (tertiary/aromatic N) is 2. The number of rotatable bonds is 5. The van der Waals surface area contributed by atoms with Crippen LogP contribution < -0.4 is 0 Å². The maximum absolute atomic E-state index is 8.16. The Morgan fingerprint density at radius 2 is 1.04 bits per heavy atom. The fourth-order valence-electron chi connectivity index (χ4n) is 4.86. The maximum atomic E-state index is 8.16. The van der Waals surface area contributed by atoms with E-state index in [2.05, 4.69) is 9.97 Å². The molecule has 1 fully saturated rings. The van der Waals surface area contributed by atoms with E-state index in [4.69, 9.17) is 15.7 Å². The first-order valence-electron chi connectivity index (χ1n) is 19.1. The Kier molecular flexibility index (Phi) is 10.6. The molecule has 0 N–H and O–H groups in total. The predicted molar refractivity (Wildman–Crippen MR) is 204 cm³/mol. The van der Waals surface area contributed by atoms with E-state index in [0.29, 0.717) is 22.4 Å². The van der Waals surface area contributed by atoms with Crippen molar-refractivity contribution in [2.75, 3.05) is 18.1 Å². The van der Waals surface area contributed by atoms with Crippen LogP contribution in [0.25, 0.3) is 44.8 Å². The Balaban J connectivity index is 0.000000192. The Morgan fingerprint density at radius 1 is 0.630 bits per heavy atom. The molecule has 234 valence electrons. The second-order valence-electron chi connectivity index (χ2n) is 10.3. The van der Waals surface area contributed by atoms with Gasteiger partial charge in [-0.2, -0.15) is 0 Å². The van der Waals surface area contributed by atoms with Crippen molar-refractivity contribution in [2.45, 2.75) is 33.0 Å². The highest BCUT2D eigenvalue weighted by Crippen LogP contribution is 2.28. The molecule has 1 saturated heterocycles. The van der Waals surface area contributed by atoms with Crippen molar-refractivity contribution < 1.29 is 15.7 Å². The van der Waals surface area contributed by atoms with Crippen LogP contribution in [-0.2, 0) is 11.1 Å². The second-order valence-corrected chi connectivity index (χ2v) is 10.3. The van der Waals surface area contributed by atoms with Gasteiger partial charge in [0.1, 0.15) is 0 Å². The monoisotopic (exact) mass is 726 g/mol. The number of halogens is 1. The number of ether oxygens (including phenoxy) is 1. The zero-order valence-electron chi connectivity index (χ0n) is 33.9. The third-order valence-corrected chi connectivity index (χ3v) is 7.21. The molecule has 0 aliphatic carbocycles. The molecule has 1 aliphatic heterocycles. The van der Waals surface area contributed by atoms with Crippen molar-refractivity contribution in [1.82, 2.24) is 9.97 Å². The van der Waals surface area contributed by atoms with Gasteiger partial charge in [0.2, 0.25) is 0 Å². The Morgan fingerprint density at radius 3 is 1.46 bits per heavy atom. The number of aromatic nitrogens is 2. The van der Waals surface area contributed by atoms with Gasteiger partial charge in [0.05, 0.1) is 11.4 Å². The third kappa shape index (κ3) is 10.2. The summed E-state index contributed by atoms with van der Waals surface area (Å²) in [4.78, 5) is 7.20. The SMILES string of the molecule is C1CCOC1.[2H]C([2H])(C)c1cc(-c2ccccc2)ncc1-c1ccccc1.[2H]C([2H])([2H])I.[2H]C([2H])([2H])c1cc(-c2ccccc2)ncc1-c1ccccc1. The lowest BCUT2D eigenvalue weighted by atomic mass is 9.98. The van der Waals surface area contributed by atoms with Crippen molar-refractivity contribution in [1.29, 1.82) is 0 Å². The van der Waals surface area contributed by atoms with Crippen LogP contribution in [0.4, 0.5) is 0 Å². The van der Waals surface area contributed by atoms with E-state index in [1.54, 1.807) is 25.4 Å². The lowest BCUT2D eigenvalue weighted by Crippen LogP contribution is -1.92. The number of aryl methyl sites for hydroxylation is 2. The van der Waals surface area contributed by atoms with Crippen LogP contribution in [-0.4, -0.2) is 28.0 Å². The van der Waals surface area contributed by atoms with Crippen LogP contribution in [0.2, 0.25) is 0 Å². The van der Waals surface area contributed by atoms with Gasteiger partial charge in [-0.3, -0.25) is 9.97 Å². The van der Waals surface area contributed by atoms with E-state index >= 15 is 0 Å². The van der Waals surface area contributed by atoms with Gasteiger partial charge >= 0.3 is 0 Å². The highest BCUT2D eigenvalue weighted by atomic mass is 127. The molecule has 0 spiro atoms.